The molecular weight excluding hydrogens is 372 g/mol. The molecule has 0 bridgehead atoms. The van der Waals surface area contributed by atoms with Gasteiger partial charge in [0.15, 0.2) is 0 Å². The van der Waals surface area contributed by atoms with Gasteiger partial charge in [-0.1, -0.05) is 11.2 Å². The Bertz CT molecular complexity index is 894. The molecule has 3 heterocycles. The van der Waals surface area contributed by atoms with Crippen molar-refractivity contribution in [2.75, 3.05) is 17.2 Å². The number of hydrogen-bond acceptors (Lipinski definition) is 6. The van der Waals surface area contributed by atoms with E-state index in [1.165, 1.54) is 0 Å². The van der Waals surface area contributed by atoms with Gasteiger partial charge in [0, 0.05) is 41.7 Å². The Kier molecular flexibility index (Phi) is 5.58. The summed E-state index contributed by atoms with van der Waals surface area (Å²) in [5, 5.41) is 7.91. The summed E-state index contributed by atoms with van der Waals surface area (Å²) in [4.78, 5) is 18.9. The van der Waals surface area contributed by atoms with Crippen LogP contribution in [0, 0.1) is 0 Å². The highest BCUT2D eigenvalue weighted by molar-refractivity contribution is 7.08. The van der Waals surface area contributed by atoms with Gasteiger partial charge in [-0.25, -0.2) is 0 Å². The van der Waals surface area contributed by atoms with Crippen LogP contribution in [-0.2, 0) is 17.6 Å². The highest BCUT2D eigenvalue weighted by Crippen LogP contribution is 2.31. The molecule has 0 atom stereocenters. The van der Waals surface area contributed by atoms with E-state index >= 15 is 0 Å². The SMILES string of the molecule is Cl.Nc1cccc2c1CCCN2C(=O)CCc1nc(-c2ccsc2)no1. The summed E-state index contributed by atoms with van der Waals surface area (Å²) >= 11 is 1.58. The summed E-state index contributed by atoms with van der Waals surface area (Å²) < 4.78 is 5.27. The maximum Gasteiger partial charge on any atom is 0.227 e. The fraction of sp³-hybridized carbons (Fsp3) is 0.278. The van der Waals surface area contributed by atoms with E-state index in [9.17, 15) is 4.79 Å². The van der Waals surface area contributed by atoms with Gasteiger partial charge in [-0.2, -0.15) is 16.3 Å². The summed E-state index contributed by atoms with van der Waals surface area (Å²) in [6.07, 6.45) is 2.61. The minimum atomic E-state index is 0. The molecule has 1 aliphatic rings. The molecule has 0 saturated heterocycles. The second-order valence-electron chi connectivity index (χ2n) is 6.02. The molecule has 1 amide bonds. The first-order valence-corrected chi connectivity index (χ1v) is 9.19. The standard InChI is InChI=1S/C18H18N4O2S.ClH/c19-14-4-1-5-15-13(14)3-2-9-22(15)17(23)7-6-16-20-18(21-24-16)12-8-10-25-11-12;/h1,4-5,8,10-11H,2-3,6-7,9,19H2;1H. The van der Waals surface area contributed by atoms with Crippen molar-refractivity contribution in [3.8, 4) is 11.4 Å². The summed E-state index contributed by atoms with van der Waals surface area (Å²) in [7, 11) is 0. The van der Waals surface area contributed by atoms with Crippen LogP contribution >= 0.6 is 23.7 Å². The van der Waals surface area contributed by atoms with Gasteiger partial charge in [0.2, 0.25) is 17.6 Å². The monoisotopic (exact) mass is 390 g/mol. The molecule has 136 valence electrons. The van der Waals surface area contributed by atoms with Crippen molar-refractivity contribution >= 4 is 41.0 Å². The van der Waals surface area contributed by atoms with Gasteiger partial charge in [0.25, 0.3) is 0 Å². The average molecular weight is 391 g/mol. The molecule has 0 fully saturated rings. The maximum atomic E-state index is 12.7. The summed E-state index contributed by atoms with van der Waals surface area (Å²) in [6.45, 7) is 0.722. The van der Waals surface area contributed by atoms with E-state index in [-0.39, 0.29) is 18.3 Å². The zero-order chi connectivity index (χ0) is 17.2. The van der Waals surface area contributed by atoms with Crippen LogP contribution in [0.2, 0.25) is 0 Å². The minimum absolute atomic E-state index is 0. The molecule has 26 heavy (non-hydrogen) atoms. The number of hydrogen-bond donors (Lipinski definition) is 1. The van der Waals surface area contributed by atoms with Crippen molar-refractivity contribution in [2.24, 2.45) is 0 Å². The maximum absolute atomic E-state index is 12.7. The van der Waals surface area contributed by atoms with Gasteiger partial charge in [-0.05, 0) is 42.0 Å². The summed E-state index contributed by atoms with van der Waals surface area (Å²) in [5.74, 6) is 1.11. The number of benzene rings is 1. The van der Waals surface area contributed by atoms with Crippen LogP contribution in [0.4, 0.5) is 11.4 Å². The number of nitrogen functional groups attached to an aromatic ring is 1. The molecule has 8 heteroatoms. The Morgan fingerprint density at radius 1 is 1.35 bits per heavy atom. The molecule has 0 aliphatic carbocycles. The Balaban J connectivity index is 0.00000196. The van der Waals surface area contributed by atoms with Crippen molar-refractivity contribution < 1.29 is 9.32 Å². The molecule has 0 unspecified atom stereocenters. The Labute approximate surface area is 161 Å². The van der Waals surface area contributed by atoms with Crippen LogP contribution in [0.25, 0.3) is 11.4 Å². The van der Waals surface area contributed by atoms with Crippen molar-refractivity contribution in [1.29, 1.82) is 0 Å². The number of thiophene rings is 1. The van der Waals surface area contributed by atoms with Crippen LogP contribution in [-0.4, -0.2) is 22.6 Å². The van der Waals surface area contributed by atoms with Crippen molar-refractivity contribution in [1.82, 2.24) is 10.1 Å². The lowest BCUT2D eigenvalue weighted by atomic mass is 9.99. The lowest BCUT2D eigenvalue weighted by Crippen LogP contribution is -2.35. The van der Waals surface area contributed by atoms with Gasteiger partial charge in [-0.3, -0.25) is 4.79 Å². The third kappa shape index (κ3) is 3.59. The molecule has 2 N–H and O–H groups in total. The number of carbonyl (C=O) groups is 1. The number of aryl methyl sites for hydroxylation is 1. The van der Waals surface area contributed by atoms with Crippen LogP contribution in [0.15, 0.2) is 39.5 Å². The number of nitrogens with zero attached hydrogens (tertiary/aromatic N) is 3. The quantitative estimate of drug-likeness (QED) is 0.686. The number of nitrogens with two attached hydrogens (primary N) is 1. The van der Waals surface area contributed by atoms with Gasteiger partial charge in [0.05, 0.1) is 0 Å². The predicted molar refractivity (Wildman–Crippen MR) is 105 cm³/mol. The zero-order valence-corrected chi connectivity index (χ0v) is 15.7. The topological polar surface area (TPSA) is 85.2 Å². The smallest absolute Gasteiger partial charge is 0.227 e. The van der Waals surface area contributed by atoms with Crippen LogP contribution in [0.3, 0.4) is 0 Å². The van der Waals surface area contributed by atoms with Crippen molar-refractivity contribution in [2.45, 2.75) is 25.7 Å². The third-order valence-electron chi connectivity index (χ3n) is 4.39. The first-order valence-electron chi connectivity index (χ1n) is 8.25. The molecule has 2 aromatic heterocycles. The highest BCUT2D eigenvalue weighted by atomic mass is 35.5. The molecule has 0 spiro atoms. The van der Waals surface area contributed by atoms with Crippen molar-refractivity contribution in [3.05, 3.63) is 46.5 Å². The summed E-state index contributed by atoms with van der Waals surface area (Å²) in [6, 6.07) is 7.69. The second kappa shape index (κ2) is 7.88. The van der Waals surface area contributed by atoms with E-state index in [0.29, 0.717) is 24.6 Å². The number of halogens is 1. The van der Waals surface area contributed by atoms with E-state index in [1.807, 2.05) is 39.9 Å². The van der Waals surface area contributed by atoms with E-state index in [0.717, 1.165) is 41.9 Å². The van der Waals surface area contributed by atoms with Crippen LogP contribution < -0.4 is 10.6 Å². The Morgan fingerprint density at radius 2 is 2.23 bits per heavy atom. The number of aromatic nitrogens is 2. The Hall–Kier alpha value is -2.38. The molecule has 1 aromatic carbocycles. The number of carbonyl (C=O) groups excluding carboxylic acids is 1. The van der Waals surface area contributed by atoms with Gasteiger partial charge >= 0.3 is 0 Å². The third-order valence-corrected chi connectivity index (χ3v) is 5.07. The molecule has 6 nitrogen and oxygen atoms in total. The van der Waals surface area contributed by atoms with E-state index in [2.05, 4.69) is 10.1 Å². The summed E-state index contributed by atoms with van der Waals surface area (Å²) in [5.41, 5.74) is 9.74. The fourth-order valence-corrected chi connectivity index (χ4v) is 3.76. The molecule has 0 radical (unpaired) electrons. The highest BCUT2D eigenvalue weighted by Gasteiger charge is 2.24. The van der Waals surface area contributed by atoms with Gasteiger partial charge < -0.3 is 15.2 Å². The number of fused-ring (bicyclic) bond motifs is 1. The average Bonchev–Trinajstić information content (AvgIpc) is 3.31. The molecule has 0 saturated carbocycles. The van der Waals surface area contributed by atoms with Gasteiger partial charge in [-0.15, -0.1) is 12.4 Å². The predicted octanol–water partition coefficient (Wildman–Crippen LogP) is 3.71. The molecular formula is C18H19ClN4O2S. The number of amides is 1. The largest absolute Gasteiger partial charge is 0.398 e. The minimum Gasteiger partial charge on any atom is -0.398 e. The second-order valence-corrected chi connectivity index (χ2v) is 6.80. The van der Waals surface area contributed by atoms with E-state index in [4.69, 9.17) is 10.3 Å². The van der Waals surface area contributed by atoms with Crippen LogP contribution in [0.5, 0.6) is 0 Å². The Morgan fingerprint density at radius 3 is 3.04 bits per heavy atom. The number of rotatable bonds is 4. The molecule has 3 aromatic rings. The zero-order valence-electron chi connectivity index (χ0n) is 14.1. The normalized spacial score (nSPS) is 13.2. The first-order chi connectivity index (χ1) is 12.2. The number of anilines is 2. The first kappa shape index (κ1) is 18.4. The fourth-order valence-electron chi connectivity index (χ4n) is 3.12. The van der Waals surface area contributed by atoms with E-state index in [1.54, 1.807) is 11.3 Å². The lowest BCUT2D eigenvalue weighted by Gasteiger charge is -2.30. The van der Waals surface area contributed by atoms with Crippen molar-refractivity contribution in [3.63, 3.8) is 0 Å². The molecule has 1 aliphatic heterocycles. The lowest BCUT2D eigenvalue weighted by molar-refractivity contribution is -0.118. The van der Waals surface area contributed by atoms with E-state index < -0.39 is 0 Å². The van der Waals surface area contributed by atoms with Crippen LogP contribution in [0.1, 0.15) is 24.3 Å². The molecule has 4 rings (SSSR count). The van der Waals surface area contributed by atoms with Gasteiger partial charge in [0.1, 0.15) is 0 Å².